The minimum Gasteiger partial charge on any atom is -0.340 e. The van der Waals surface area contributed by atoms with E-state index in [9.17, 15) is 0 Å². The highest BCUT2D eigenvalue weighted by molar-refractivity contribution is 5.57. The van der Waals surface area contributed by atoms with Crippen molar-refractivity contribution in [1.82, 2.24) is 4.98 Å². The minimum absolute atomic E-state index is 0.908. The van der Waals surface area contributed by atoms with Crippen LogP contribution in [0.25, 0.3) is 0 Å². The smallest absolute Gasteiger partial charge is 0.130 e. The number of allylic oxidation sites excluding steroid dienone is 2. The summed E-state index contributed by atoms with van der Waals surface area (Å²) in [6.45, 7) is 0. The van der Waals surface area contributed by atoms with E-state index in [0.717, 1.165) is 37.2 Å². The largest absolute Gasteiger partial charge is 0.340 e. The molecule has 1 aliphatic heterocycles. The zero-order chi connectivity index (χ0) is 16.9. The predicted molar refractivity (Wildman–Crippen MR) is 104 cm³/mol. The Morgan fingerprint density at radius 1 is 0.680 bits per heavy atom. The van der Waals surface area contributed by atoms with Crippen LogP contribution < -0.4 is 5.32 Å². The van der Waals surface area contributed by atoms with E-state index in [0.29, 0.717) is 0 Å². The molecule has 1 N–H and O–H groups in total. The number of benzene rings is 2. The molecule has 3 aromatic rings. The van der Waals surface area contributed by atoms with E-state index in [4.69, 9.17) is 0 Å². The Morgan fingerprint density at radius 3 is 2.20 bits per heavy atom. The quantitative estimate of drug-likeness (QED) is 0.570. The number of hydrogen-bond donors (Lipinski definition) is 1. The average molecular weight is 326 g/mol. The summed E-state index contributed by atoms with van der Waals surface area (Å²) in [5.41, 5.74) is 6.48. The van der Waals surface area contributed by atoms with Crippen molar-refractivity contribution >= 4 is 11.5 Å². The Morgan fingerprint density at radius 2 is 1.36 bits per heavy atom. The van der Waals surface area contributed by atoms with Gasteiger partial charge in [0, 0.05) is 11.9 Å². The van der Waals surface area contributed by atoms with Gasteiger partial charge in [-0.1, -0.05) is 48.6 Å². The lowest BCUT2D eigenvalue weighted by Crippen LogP contribution is -1.98. The van der Waals surface area contributed by atoms with Crippen LogP contribution in [0.3, 0.4) is 0 Å². The Labute approximate surface area is 149 Å². The number of pyridine rings is 1. The molecule has 124 valence electrons. The van der Waals surface area contributed by atoms with E-state index < -0.39 is 0 Å². The second kappa shape index (κ2) is 7.35. The van der Waals surface area contributed by atoms with Crippen LogP contribution in [0.2, 0.25) is 0 Å². The number of nitrogens with zero attached hydrogens (tertiary/aromatic N) is 1. The molecule has 0 amide bonds. The van der Waals surface area contributed by atoms with Crippen LogP contribution in [0.15, 0.2) is 79.0 Å². The van der Waals surface area contributed by atoms with Crippen LogP contribution in [0, 0.1) is 0 Å². The molecule has 6 bridgehead atoms. The van der Waals surface area contributed by atoms with Gasteiger partial charge in [-0.15, -0.1) is 0 Å². The molecule has 0 spiro atoms. The molecule has 0 saturated carbocycles. The van der Waals surface area contributed by atoms with Crippen molar-refractivity contribution in [2.75, 3.05) is 5.32 Å². The first-order valence-corrected chi connectivity index (χ1v) is 8.89. The van der Waals surface area contributed by atoms with Gasteiger partial charge in [0.1, 0.15) is 5.82 Å². The molecular weight excluding hydrogens is 304 g/mol. The maximum atomic E-state index is 4.47. The number of hydrogen-bond acceptors (Lipinski definition) is 2. The Hall–Kier alpha value is -2.87. The summed E-state index contributed by atoms with van der Waals surface area (Å²) in [6, 6.07) is 21.8. The van der Waals surface area contributed by atoms with E-state index in [1.165, 1.54) is 22.3 Å². The molecule has 2 heterocycles. The fraction of sp³-hybridized carbons (Fsp3) is 0.174. The summed E-state index contributed by atoms with van der Waals surface area (Å²) in [5, 5.41) is 3.44. The Kier molecular flexibility index (Phi) is 4.60. The predicted octanol–water partition coefficient (Wildman–Crippen LogP) is 5.27. The van der Waals surface area contributed by atoms with Gasteiger partial charge in [-0.25, -0.2) is 4.98 Å². The highest BCUT2D eigenvalue weighted by Gasteiger charge is 2.02. The van der Waals surface area contributed by atoms with Gasteiger partial charge in [0.05, 0.1) is 0 Å². The van der Waals surface area contributed by atoms with Crippen molar-refractivity contribution in [2.24, 2.45) is 0 Å². The molecule has 1 aromatic heterocycles. The van der Waals surface area contributed by atoms with Gasteiger partial charge in [0.15, 0.2) is 0 Å². The first-order chi connectivity index (χ1) is 12.3. The number of rotatable bonds is 0. The molecule has 4 rings (SSSR count). The normalized spacial score (nSPS) is 13.9. The van der Waals surface area contributed by atoms with Crippen molar-refractivity contribution < 1.29 is 0 Å². The lowest BCUT2D eigenvalue weighted by molar-refractivity contribution is 0.952. The zero-order valence-electron chi connectivity index (χ0n) is 14.3. The molecular formula is C23H22N2. The van der Waals surface area contributed by atoms with Gasteiger partial charge < -0.3 is 5.32 Å². The lowest BCUT2D eigenvalue weighted by atomic mass is 10.0. The third-order valence-electron chi connectivity index (χ3n) is 4.59. The number of aryl methyl sites for hydroxylation is 2. The van der Waals surface area contributed by atoms with Gasteiger partial charge in [-0.05, 0) is 72.2 Å². The van der Waals surface area contributed by atoms with Gasteiger partial charge in [-0.2, -0.15) is 0 Å². The number of fused-ring (bicyclic) bond motifs is 6. The van der Waals surface area contributed by atoms with Crippen LogP contribution in [-0.4, -0.2) is 4.98 Å². The van der Waals surface area contributed by atoms with Crippen molar-refractivity contribution in [2.45, 2.75) is 25.7 Å². The fourth-order valence-corrected chi connectivity index (χ4v) is 3.26. The van der Waals surface area contributed by atoms with E-state index in [-0.39, 0.29) is 0 Å². The maximum absolute atomic E-state index is 4.47. The van der Waals surface area contributed by atoms with Gasteiger partial charge in [0.2, 0.25) is 0 Å². The number of aromatic nitrogens is 1. The van der Waals surface area contributed by atoms with E-state index in [1.54, 1.807) is 0 Å². The number of nitrogens with one attached hydrogen (secondary N) is 1. The van der Waals surface area contributed by atoms with Gasteiger partial charge in [-0.3, -0.25) is 0 Å². The van der Waals surface area contributed by atoms with Crippen LogP contribution in [0.4, 0.5) is 11.5 Å². The zero-order valence-corrected chi connectivity index (χ0v) is 14.3. The first-order valence-electron chi connectivity index (χ1n) is 8.89. The molecule has 2 heteroatoms. The second-order valence-electron chi connectivity index (χ2n) is 6.57. The summed E-state index contributed by atoms with van der Waals surface area (Å²) in [6.07, 6.45) is 10.4. The summed E-state index contributed by atoms with van der Waals surface area (Å²) in [7, 11) is 0. The SMILES string of the molecule is C1=CCc2cccc(c2)Nc2cc(ccn2)CCc2cccc(c2)C1. The fourth-order valence-electron chi connectivity index (χ4n) is 3.26. The summed E-state index contributed by atoms with van der Waals surface area (Å²) < 4.78 is 0. The molecule has 0 aliphatic carbocycles. The van der Waals surface area contributed by atoms with Crippen molar-refractivity contribution in [1.29, 1.82) is 0 Å². The Balaban J connectivity index is 1.68. The molecule has 0 radical (unpaired) electrons. The van der Waals surface area contributed by atoms with Crippen molar-refractivity contribution in [3.8, 4) is 0 Å². The molecule has 0 fully saturated rings. The molecule has 1 aliphatic rings. The monoisotopic (exact) mass is 326 g/mol. The summed E-state index contributed by atoms with van der Waals surface area (Å²) in [4.78, 5) is 4.47. The van der Waals surface area contributed by atoms with Crippen LogP contribution in [0.1, 0.15) is 22.3 Å². The van der Waals surface area contributed by atoms with E-state index >= 15 is 0 Å². The molecule has 0 unspecified atom stereocenters. The van der Waals surface area contributed by atoms with Crippen LogP contribution in [0.5, 0.6) is 0 Å². The van der Waals surface area contributed by atoms with Crippen LogP contribution >= 0.6 is 0 Å². The standard InChI is InChI=1S/C23H22N2/c1-2-6-19-9-4-10-22(16-19)25-23-17-21(13-14-24-23)12-11-20-8-3-7-18(5-1)15-20/h1-4,7-10,13-17H,5-6,11-12H2,(H,24,25). The van der Waals surface area contributed by atoms with E-state index in [1.807, 2.05) is 6.20 Å². The lowest BCUT2D eigenvalue weighted by Gasteiger charge is -2.10. The summed E-state index contributed by atoms with van der Waals surface area (Å²) in [5.74, 6) is 0.908. The number of anilines is 2. The topological polar surface area (TPSA) is 24.9 Å². The highest BCUT2D eigenvalue weighted by Crippen LogP contribution is 2.19. The third kappa shape index (κ3) is 4.16. The van der Waals surface area contributed by atoms with Crippen molar-refractivity contribution in [3.05, 3.63) is 101 Å². The van der Waals surface area contributed by atoms with Gasteiger partial charge in [0.25, 0.3) is 0 Å². The average Bonchev–Trinajstić information content (AvgIpc) is 2.64. The molecule has 0 atom stereocenters. The second-order valence-corrected chi connectivity index (χ2v) is 6.57. The maximum Gasteiger partial charge on any atom is 0.130 e. The summed E-state index contributed by atoms with van der Waals surface area (Å²) >= 11 is 0. The molecule has 2 aromatic carbocycles. The highest BCUT2D eigenvalue weighted by atomic mass is 15.0. The van der Waals surface area contributed by atoms with Crippen molar-refractivity contribution in [3.63, 3.8) is 0 Å². The third-order valence-corrected chi connectivity index (χ3v) is 4.59. The van der Waals surface area contributed by atoms with Crippen LogP contribution in [-0.2, 0) is 25.7 Å². The minimum atomic E-state index is 0.908. The van der Waals surface area contributed by atoms with E-state index in [2.05, 4.69) is 83.1 Å². The molecule has 2 nitrogen and oxygen atoms in total. The van der Waals surface area contributed by atoms with Gasteiger partial charge >= 0.3 is 0 Å². The first kappa shape index (κ1) is 15.6. The molecule has 0 saturated heterocycles. The Bertz CT molecular complexity index is 896. The molecule has 25 heavy (non-hydrogen) atoms.